The fourth-order valence-electron chi connectivity index (χ4n) is 2.75. The van der Waals surface area contributed by atoms with Crippen molar-refractivity contribution in [3.63, 3.8) is 0 Å². The minimum atomic E-state index is -3.53. The summed E-state index contributed by atoms with van der Waals surface area (Å²) in [6, 6.07) is 6.79. The van der Waals surface area contributed by atoms with Crippen LogP contribution in [0.3, 0.4) is 0 Å². The molecular formula is C15H23NO3S. The molecule has 4 nitrogen and oxygen atoms in total. The molecule has 1 aromatic carbocycles. The van der Waals surface area contributed by atoms with Gasteiger partial charge in [-0.3, -0.25) is 0 Å². The summed E-state index contributed by atoms with van der Waals surface area (Å²) in [5.74, 6) is 0.226. The van der Waals surface area contributed by atoms with E-state index in [1.165, 1.54) is 6.42 Å². The van der Waals surface area contributed by atoms with Gasteiger partial charge in [0.05, 0.1) is 11.0 Å². The van der Waals surface area contributed by atoms with Gasteiger partial charge >= 0.3 is 0 Å². The predicted molar refractivity (Wildman–Crippen MR) is 78.9 cm³/mol. The number of hydrogen-bond acceptors (Lipinski definition) is 3. The van der Waals surface area contributed by atoms with E-state index in [1.54, 1.807) is 18.2 Å². The van der Waals surface area contributed by atoms with E-state index in [4.69, 9.17) is 0 Å². The number of sulfonamides is 1. The summed E-state index contributed by atoms with van der Waals surface area (Å²) in [6.07, 6.45) is 4.88. The molecule has 1 aliphatic carbocycles. The van der Waals surface area contributed by atoms with Crippen molar-refractivity contribution in [3.8, 4) is 0 Å². The lowest BCUT2D eigenvalue weighted by atomic mass is 9.85. The molecule has 20 heavy (non-hydrogen) atoms. The molecule has 0 radical (unpaired) electrons. The van der Waals surface area contributed by atoms with Crippen molar-refractivity contribution in [1.82, 2.24) is 4.72 Å². The first kappa shape index (κ1) is 15.5. The van der Waals surface area contributed by atoms with Crippen LogP contribution in [0.5, 0.6) is 0 Å². The van der Waals surface area contributed by atoms with E-state index < -0.39 is 16.1 Å². The van der Waals surface area contributed by atoms with Crippen LogP contribution in [0.1, 0.15) is 37.7 Å². The number of benzene rings is 1. The third kappa shape index (κ3) is 4.04. The molecule has 112 valence electrons. The van der Waals surface area contributed by atoms with Crippen LogP contribution < -0.4 is 4.72 Å². The van der Waals surface area contributed by atoms with Gasteiger partial charge in [-0.2, -0.15) is 0 Å². The highest BCUT2D eigenvalue weighted by molar-refractivity contribution is 7.89. The van der Waals surface area contributed by atoms with E-state index in [0.717, 1.165) is 31.2 Å². The van der Waals surface area contributed by atoms with Crippen LogP contribution in [-0.2, 0) is 10.0 Å². The molecule has 1 fully saturated rings. The van der Waals surface area contributed by atoms with Crippen molar-refractivity contribution < 1.29 is 13.5 Å². The summed E-state index contributed by atoms with van der Waals surface area (Å²) in [5, 5.41) is 10.1. The standard InChI is InChI=1S/C15H23NO3S/c1-12-6-5-9-14(10-12)20(18,19)16-11-15(17)13-7-3-2-4-8-13/h5-6,9-10,13,15-17H,2-4,7-8,11H2,1H3. The topological polar surface area (TPSA) is 66.4 Å². The summed E-state index contributed by atoms with van der Waals surface area (Å²) in [5.41, 5.74) is 0.903. The minimum absolute atomic E-state index is 0.0982. The Morgan fingerprint density at radius 3 is 2.65 bits per heavy atom. The van der Waals surface area contributed by atoms with Gasteiger partial charge < -0.3 is 5.11 Å². The van der Waals surface area contributed by atoms with Gasteiger partial charge in [0.2, 0.25) is 10.0 Å². The van der Waals surface area contributed by atoms with Crippen LogP contribution in [0.25, 0.3) is 0 Å². The highest BCUT2D eigenvalue weighted by atomic mass is 32.2. The molecule has 0 spiro atoms. The Bertz CT molecular complexity index is 536. The van der Waals surface area contributed by atoms with Crippen molar-refractivity contribution >= 4 is 10.0 Å². The molecule has 0 bridgehead atoms. The molecule has 1 aromatic rings. The Labute approximate surface area is 121 Å². The number of nitrogens with one attached hydrogen (secondary N) is 1. The largest absolute Gasteiger partial charge is 0.391 e. The van der Waals surface area contributed by atoms with Crippen LogP contribution in [0.2, 0.25) is 0 Å². The van der Waals surface area contributed by atoms with Crippen molar-refractivity contribution in [2.24, 2.45) is 5.92 Å². The molecule has 0 aliphatic heterocycles. The lowest BCUT2D eigenvalue weighted by molar-refractivity contribution is 0.0888. The predicted octanol–water partition coefficient (Wildman–Crippen LogP) is 2.21. The molecule has 2 rings (SSSR count). The number of hydrogen-bond donors (Lipinski definition) is 2. The molecule has 0 aromatic heterocycles. The fourth-order valence-corrected chi connectivity index (χ4v) is 3.90. The van der Waals surface area contributed by atoms with Crippen molar-refractivity contribution in [3.05, 3.63) is 29.8 Å². The lowest BCUT2D eigenvalue weighted by Crippen LogP contribution is -2.37. The van der Waals surface area contributed by atoms with E-state index in [2.05, 4.69) is 4.72 Å². The summed E-state index contributed by atoms with van der Waals surface area (Å²) in [6.45, 7) is 1.96. The molecule has 1 aliphatic rings. The maximum Gasteiger partial charge on any atom is 0.240 e. The molecule has 1 saturated carbocycles. The summed E-state index contributed by atoms with van der Waals surface area (Å²) < 4.78 is 26.8. The SMILES string of the molecule is Cc1cccc(S(=O)(=O)NCC(O)C2CCCCC2)c1. The summed E-state index contributed by atoms with van der Waals surface area (Å²) >= 11 is 0. The third-order valence-electron chi connectivity index (χ3n) is 3.98. The van der Waals surface area contributed by atoms with Crippen molar-refractivity contribution in [2.75, 3.05) is 6.54 Å². The van der Waals surface area contributed by atoms with Gasteiger partial charge in [0.15, 0.2) is 0 Å². The Hall–Kier alpha value is -0.910. The van der Waals surface area contributed by atoms with Crippen LogP contribution in [0, 0.1) is 12.8 Å². The van der Waals surface area contributed by atoms with E-state index in [0.29, 0.717) is 0 Å². The molecule has 0 heterocycles. The summed E-state index contributed by atoms with van der Waals surface area (Å²) in [4.78, 5) is 0.258. The normalized spacial score (nSPS) is 18.9. The second kappa shape index (κ2) is 6.70. The van der Waals surface area contributed by atoms with Crippen LogP contribution >= 0.6 is 0 Å². The smallest absolute Gasteiger partial charge is 0.240 e. The Morgan fingerprint density at radius 2 is 2.00 bits per heavy atom. The molecule has 5 heteroatoms. The van der Waals surface area contributed by atoms with Crippen LogP contribution in [-0.4, -0.2) is 26.2 Å². The zero-order valence-electron chi connectivity index (χ0n) is 11.9. The molecule has 1 atom stereocenters. The first-order valence-electron chi connectivity index (χ1n) is 7.23. The van der Waals surface area contributed by atoms with Gasteiger partial charge in [0.1, 0.15) is 0 Å². The number of rotatable bonds is 5. The maximum absolute atomic E-state index is 12.1. The van der Waals surface area contributed by atoms with Gasteiger partial charge in [-0.25, -0.2) is 13.1 Å². The number of aliphatic hydroxyl groups excluding tert-OH is 1. The Kier molecular flexibility index (Phi) is 5.18. The average molecular weight is 297 g/mol. The van der Waals surface area contributed by atoms with Crippen molar-refractivity contribution in [1.29, 1.82) is 0 Å². The molecule has 0 saturated heterocycles. The highest BCUT2D eigenvalue weighted by Crippen LogP contribution is 2.26. The van der Waals surface area contributed by atoms with Gasteiger partial charge in [0, 0.05) is 6.54 Å². The molecule has 0 amide bonds. The van der Waals surface area contributed by atoms with E-state index in [-0.39, 0.29) is 17.4 Å². The number of aliphatic hydroxyl groups is 1. The zero-order valence-corrected chi connectivity index (χ0v) is 12.7. The molecule has 1 unspecified atom stereocenters. The lowest BCUT2D eigenvalue weighted by Gasteiger charge is -2.26. The van der Waals surface area contributed by atoms with Gasteiger partial charge in [-0.15, -0.1) is 0 Å². The molecular weight excluding hydrogens is 274 g/mol. The Morgan fingerprint density at radius 1 is 1.30 bits per heavy atom. The Balaban J connectivity index is 1.95. The highest BCUT2D eigenvalue weighted by Gasteiger charge is 2.23. The minimum Gasteiger partial charge on any atom is -0.391 e. The van der Waals surface area contributed by atoms with E-state index >= 15 is 0 Å². The van der Waals surface area contributed by atoms with E-state index in [1.807, 2.05) is 13.0 Å². The first-order chi connectivity index (χ1) is 9.49. The van der Waals surface area contributed by atoms with Crippen LogP contribution in [0.15, 0.2) is 29.2 Å². The van der Waals surface area contributed by atoms with E-state index in [9.17, 15) is 13.5 Å². The monoisotopic (exact) mass is 297 g/mol. The van der Waals surface area contributed by atoms with Crippen LogP contribution in [0.4, 0.5) is 0 Å². The summed E-state index contributed by atoms with van der Waals surface area (Å²) in [7, 11) is -3.53. The second-order valence-corrected chi connectivity index (χ2v) is 7.40. The van der Waals surface area contributed by atoms with Gasteiger partial charge in [-0.05, 0) is 43.4 Å². The fraction of sp³-hybridized carbons (Fsp3) is 0.600. The van der Waals surface area contributed by atoms with Gasteiger partial charge in [0.25, 0.3) is 0 Å². The molecule has 2 N–H and O–H groups in total. The van der Waals surface area contributed by atoms with Gasteiger partial charge in [-0.1, -0.05) is 31.4 Å². The third-order valence-corrected chi connectivity index (χ3v) is 5.40. The quantitative estimate of drug-likeness (QED) is 0.875. The average Bonchev–Trinajstić information content (AvgIpc) is 2.46. The second-order valence-electron chi connectivity index (χ2n) is 5.63. The first-order valence-corrected chi connectivity index (χ1v) is 8.72. The number of aryl methyl sites for hydroxylation is 1. The van der Waals surface area contributed by atoms with Crippen molar-refractivity contribution in [2.45, 2.75) is 50.0 Å². The zero-order chi connectivity index (χ0) is 14.6. The maximum atomic E-state index is 12.1.